The lowest BCUT2D eigenvalue weighted by Gasteiger charge is -2.22. The van der Waals surface area contributed by atoms with E-state index in [1.807, 2.05) is 66.7 Å². The molecule has 0 aliphatic heterocycles. The van der Waals surface area contributed by atoms with Crippen LogP contribution < -0.4 is 15.8 Å². The van der Waals surface area contributed by atoms with E-state index < -0.39 is 6.04 Å². The van der Waals surface area contributed by atoms with Gasteiger partial charge in [-0.15, -0.1) is 0 Å². The molecule has 1 fully saturated rings. The Morgan fingerprint density at radius 2 is 1.92 bits per heavy atom. The maximum Gasteiger partial charge on any atom is 0.170 e. The van der Waals surface area contributed by atoms with Crippen molar-refractivity contribution in [1.29, 1.82) is 0 Å². The lowest BCUT2D eigenvalue weighted by atomic mass is 9.99. The van der Waals surface area contributed by atoms with Gasteiger partial charge >= 0.3 is 0 Å². The van der Waals surface area contributed by atoms with E-state index in [2.05, 4.69) is 22.2 Å². The van der Waals surface area contributed by atoms with E-state index >= 15 is 4.39 Å². The molecule has 1 saturated carbocycles. The van der Waals surface area contributed by atoms with Crippen LogP contribution in [0.25, 0.3) is 22.0 Å². The summed E-state index contributed by atoms with van der Waals surface area (Å²) in [6.45, 7) is 2.60. The summed E-state index contributed by atoms with van der Waals surface area (Å²) in [5, 5.41) is 5.35. The highest BCUT2D eigenvalue weighted by molar-refractivity contribution is 5.92. The summed E-state index contributed by atoms with van der Waals surface area (Å²) in [6, 6.07) is 20.9. The van der Waals surface area contributed by atoms with Crippen molar-refractivity contribution in [3.8, 4) is 17.0 Å². The summed E-state index contributed by atoms with van der Waals surface area (Å²) in [5.41, 5.74) is 10.2. The average Bonchev–Trinajstić information content (AvgIpc) is 3.65. The molecule has 2 heterocycles. The second-order valence-electron chi connectivity index (χ2n) is 9.86. The second kappa shape index (κ2) is 10.2. The molecular formula is C31H30FN5O. The Labute approximate surface area is 221 Å². The molecule has 7 heteroatoms. The van der Waals surface area contributed by atoms with Crippen LogP contribution in [-0.2, 0) is 6.42 Å². The highest BCUT2D eigenvalue weighted by Crippen LogP contribution is 2.36. The summed E-state index contributed by atoms with van der Waals surface area (Å²) >= 11 is 0. The van der Waals surface area contributed by atoms with Gasteiger partial charge in [0, 0.05) is 22.8 Å². The number of ether oxygens (including phenoxy) is 1. The Morgan fingerprint density at radius 1 is 1.08 bits per heavy atom. The zero-order valence-corrected chi connectivity index (χ0v) is 21.2. The first-order valence-electron chi connectivity index (χ1n) is 13.0. The number of benzene rings is 3. The maximum absolute atomic E-state index is 16.1. The van der Waals surface area contributed by atoms with E-state index in [1.54, 1.807) is 12.4 Å². The van der Waals surface area contributed by atoms with Gasteiger partial charge in [0.2, 0.25) is 0 Å². The molecule has 0 saturated heterocycles. The van der Waals surface area contributed by atoms with Crippen molar-refractivity contribution in [3.05, 3.63) is 102 Å². The van der Waals surface area contributed by atoms with Gasteiger partial charge in [-0.1, -0.05) is 43.3 Å². The third-order valence-corrected chi connectivity index (χ3v) is 7.08. The summed E-state index contributed by atoms with van der Waals surface area (Å²) in [4.78, 5) is 12.3. The standard InChI is InChI=1S/C31H30FN5O/c1-2-19-14-25(28(32)27(15-19)38-18-20-8-9-20)29(31-35-17-26(37-31)21-6-4-3-5-7-21)36-23-10-11-24-22(16-23)12-13-34-30(24)33/h3-7,10-17,20,29,36H,2,8-9,18H2,1H3,(H2,33,34)(H,35,37). The van der Waals surface area contributed by atoms with E-state index in [1.165, 1.54) is 0 Å². The fourth-order valence-electron chi connectivity index (χ4n) is 4.69. The van der Waals surface area contributed by atoms with Crippen LogP contribution in [0, 0.1) is 11.7 Å². The molecule has 0 amide bonds. The second-order valence-corrected chi connectivity index (χ2v) is 9.86. The molecule has 0 spiro atoms. The van der Waals surface area contributed by atoms with E-state index in [9.17, 15) is 0 Å². The molecule has 1 aliphatic rings. The largest absolute Gasteiger partial charge is 0.490 e. The van der Waals surface area contributed by atoms with Crippen molar-refractivity contribution in [2.24, 2.45) is 5.92 Å². The van der Waals surface area contributed by atoms with Crippen molar-refractivity contribution in [2.45, 2.75) is 32.2 Å². The van der Waals surface area contributed by atoms with Crippen molar-refractivity contribution in [3.63, 3.8) is 0 Å². The molecule has 38 heavy (non-hydrogen) atoms. The number of nitrogens with zero attached hydrogens (tertiary/aromatic N) is 2. The third-order valence-electron chi connectivity index (χ3n) is 7.08. The molecule has 6 nitrogen and oxygen atoms in total. The topological polar surface area (TPSA) is 88.8 Å². The van der Waals surface area contributed by atoms with Crippen LogP contribution in [0.2, 0.25) is 0 Å². The highest BCUT2D eigenvalue weighted by atomic mass is 19.1. The molecule has 0 bridgehead atoms. The summed E-state index contributed by atoms with van der Waals surface area (Å²) in [6.07, 6.45) is 6.52. The number of hydrogen-bond acceptors (Lipinski definition) is 5. The molecule has 1 unspecified atom stereocenters. The van der Waals surface area contributed by atoms with Crippen LogP contribution in [0.1, 0.15) is 42.8 Å². The predicted octanol–water partition coefficient (Wildman–Crippen LogP) is 6.90. The molecule has 6 rings (SSSR count). The number of anilines is 2. The maximum atomic E-state index is 16.1. The Morgan fingerprint density at radius 3 is 2.71 bits per heavy atom. The highest BCUT2D eigenvalue weighted by Gasteiger charge is 2.27. The summed E-state index contributed by atoms with van der Waals surface area (Å²) in [5.74, 6) is 1.54. The van der Waals surface area contributed by atoms with Crippen molar-refractivity contribution >= 4 is 22.3 Å². The van der Waals surface area contributed by atoms with E-state index in [0.29, 0.717) is 35.5 Å². The van der Waals surface area contributed by atoms with Crippen LogP contribution in [-0.4, -0.2) is 21.6 Å². The Hall–Kier alpha value is -4.39. The predicted molar refractivity (Wildman–Crippen MR) is 150 cm³/mol. The van der Waals surface area contributed by atoms with Crippen LogP contribution in [0.5, 0.6) is 5.75 Å². The van der Waals surface area contributed by atoms with Gasteiger partial charge in [-0.25, -0.2) is 14.4 Å². The minimum absolute atomic E-state index is 0.297. The van der Waals surface area contributed by atoms with Gasteiger partial charge in [0.1, 0.15) is 17.7 Å². The van der Waals surface area contributed by atoms with Gasteiger partial charge in [0.05, 0.1) is 18.5 Å². The minimum atomic E-state index is -0.584. The average molecular weight is 508 g/mol. The van der Waals surface area contributed by atoms with Gasteiger partial charge in [0.15, 0.2) is 11.6 Å². The molecule has 4 N–H and O–H groups in total. The summed E-state index contributed by atoms with van der Waals surface area (Å²) < 4.78 is 22.1. The molecule has 2 aromatic heterocycles. The number of halogens is 1. The van der Waals surface area contributed by atoms with Gasteiger partial charge in [0.25, 0.3) is 0 Å². The van der Waals surface area contributed by atoms with Crippen molar-refractivity contribution in [1.82, 2.24) is 15.0 Å². The first kappa shape index (κ1) is 24.0. The minimum Gasteiger partial charge on any atom is -0.490 e. The molecule has 3 aromatic carbocycles. The number of fused-ring (bicyclic) bond motifs is 1. The lowest BCUT2D eigenvalue weighted by molar-refractivity contribution is 0.284. The van der Waals surface area contributed by atoms with Gasteiger partial charge in [-0.3, -0.25) is 0 Å². The number of aryl methyl sites for hydroxylation is 1. The van der Waals surface area contributed by atoms with Gasteiger partial charge < -0.3 is 20.8 Å². The molecular weight excluding hydrogens is 477 g/mol. The lowest BCUT2D eigenvalue weighted by Crippen LogP contribution is -2.17. The number of aromatic amines is 1. The van der Waals surface area contributed by atoms with Crippen LogP contribution in [0.4, 0.5) is 15.9 Å². The number of pyridine rings is 1. The SMILES string of the molecule is CCc1cc(OCC2CC2)c(F)c(C(Nc2ccc3c(N)nccc3c2)c2ncc(-c3ccccc3)[nH]2)c1. The molecule has 0 radical (unpaired) electrons. The Balaban J connectivity index is 1.43. The zero-order chi connectivity index (χ0) is 26.1. The van der Waals surface area contributed by atoms with Gasteiger partial charge in [-0.2, -0.15) is 0 Å². The van der Waals surface area contributed by atoms with Crippen molar-refractivity contribution < 1.29 is 9.13 Å². The first-order chi connectivity index (χ1) is 18.6. The monoisotopic (exact) mass is 507 g/mol. The number of nitrogens with one attached hydrogen (secondary N) is 2. The molecule has 1 aliphatic carbocycles. The Bertz CT molecular complexity index is 1580. The molecule has 5 aromatic rings. The molecule has 192 valence electrons. The van der Waals surface area contributed by atoms with E-state index in [4.69, 9.17) is 15.5 Å². The smallest absolute Gasteiger partial charge is 0.170 e. The fraction of sp³-hybridized carbons (Fsp3) is 0.226. The Kier molecular flexibility index (Phi) is 6.42. The van der Waals surface area contributed by atoms with Crippen LogP contribution >= 0.6 is 0 Å². The summed E-state index contributed by atoms with van der Waals surface area (Å²) in [7, 11) is 0. The van der Waals surface area contributed by atoms with E-state index in [0.717, 1.165) is 52.5 Å². The van der Waals surface area contributed by atoms with Crippen LogP contribution in [0.3, 0.4) is 0 Å². The van der Waals surface area contributed by atoms with Crippen LogP contribution in [0.15, 0.2) is 79.1 Å². The van der Waals surface area contributed by atoms with Crippen molar-refractivity contribution in [2.75, 3.05) is 17.7 Å². The van der Waals surface area contributed by atoms with E-state index in [-0.39, 0.29) is 5.82 Å². The first-order valence-corrected chi connectivity index (χ1v) is 13.0. The number of nitrogen functional groups attached to an aromatic ring is 1. The number of rotatable bonds is 9. The molecule has 1 atom stereocenters. The zero-order valence-electron chi connectivity index (χ0n) is 21.2. The number of imidazole rings is 1. The number of nitrogens with two attached hydrogens (primary N) is 1. The normalized spacial score (nSPS) is 13.9. The quantitative estimate of drug-likeness (QED) is 0.202. The number of aromatic nitrogens is 3. The van der Waals surface area contributed by atoms with Gasteiger partial charge in [-0.05, 0) is 72.0 Å². The number of H-pyrrole nitrogens is 1. The third kappa shape index (κ3) is 4.92. The fourth-order valence-corrected chi connectivity index (χ4v) is 4.69. The number of hydrogen-bond donors (Lipinski definition) is 3.